The maximum absolute atomic E-state index is 5.41. The van der Waals surface area contributed by atoms with Gasteiger partial charge in [-0.05, 0) is 47.3 Å². The van der Waals surface area contributed by atoms with Crippen LogP contribution in [0.4, 0.5) is 0 Å². The van der Waals surface area contributed by atoms with Crippen LogP contribution in [-0.2, 0) is 127 Å². The summed E-state index contributed by atoms with van der Waals surface area (Å²) < 4.78 is 21.6. The van der Waals surface area contributed by atoms with Crippen molar-refractivity contribution >= 4 is 86.5 Å². The number of rotatable bonds is 12. The molecule has 0 aromatic carbocycles. The van der Waals surface area contributed by atoms with E-state index in [0.29, 0.717) is 50.1 Å². The average Bonchev–Trinajstić information content (AvgIpc) is 2.48. The molecule has 4 nitrogen and oxygen atoms in total. The molecule has 176 valence electrons. The molecule has 0 amide bonds. The molecule has 0 rings (SSSR count). The molecule has 0 aromatic heterocycles. The Morgan fingerprint density at radius 2 is 0.645 bits per heavy atom. The van der Waals surface area contributed by atoms with Crippen LogP contribution in [0.1, 0.15) is 55.4 Å². The van der Waals surface area contributed by atoms with Gasteiger partial charge in [-0.3, -0.25) is 0 Å². The quantitative estimate of drug-likeness (QED) is 0.128. The third-order valence-corrected chi connectivity index (χ3v) is 6.84. The molecule has 31 heavy (non-hydrogen) atoms. The molecular weight excluding hydrogens is 707 g/mol. The molecule has 0 aliphatic rings. The second-order valence-electron chi connectivity index (χ2n) is 7.70. The zero-order valence-electron chi connectivity index (χ0n) is 20.3. The summed E-state index contributed by atoms with van der Waals surface area (Å²) in [7, 11) is 0. The SMILES string of the molecule is CC(C)COP(=S)(S)OCC(C)C.CC(C)COP(=S)(S)OCC(C)C.[S-2].[S-2].[Zn+2].[Zn+2].[Zn+2]. The van der Waals surface area contributed by atoms with Crippen LogP contribution >= 0.6 is 35.9 Å². The molecule has 0 fully saturated rings. The molecule has 0 N–H and O–H groups in total. The van der Waals surface area contributed by atoms with E-state index in [1.807, 2.05) is 0 Å². The van der Waals surface area contributed by atoms with Gasteiger partial charge in [-0.15, -0.1) is 0 Å². The van der Waals surface area contributed by atoms with Gasteiger partial charge in [-0.1, -0.05) is 79.9 Å². The summed E-state index contributed by atoms with van der Waals surface area (Å²) in [6.45, 7) is 19.1. The van der Waals surface area contributed by atoms with Crippen molar-refractivity contribution in [1.82, 2.24) is 0 Å². The molecule has 0 atom stereocenters. The van der Waals surface area contributed by atoms with Crippen molar-refractivity contribution in [1.29, 1.82) is 0 Å². The zero-order chi connectivity index (χ0) is 21.0. The predicted octanol–water partition coefficient (Wildman–Crippen LogP) is 6.96. The van der Waals surface area contributed by atoms with E-state index >= 15 is 0 Å². The number of hydrogen-bond acceptors (Lipinski definition) is 6. The molecule has 0 aliphatic heterocycles. The van der Waals surface area contributed by atoms with Gasteiger partial charge in [-0.25, -0.2) is 0 Å². The molecule has 0 aromatic rings. The van der Waals surface area contributed by atoms with Crippen LogP contribution in [0, 0.1) is 23.7 Å². The maximum Gasteiger partial charge on any atom is 2.00 e. The smallest absolute Gasteiger partial charge is 2.00 e. The van der Waals surface area contributed by atoms with Crippen LogP contribution in [0.2, 0.25) is 0 Å². The van der Waals surface area contributed by atoms with E-state index in [1.165, 1.54) is 0 Å². The van der Waals surface area contributed by atoms with Crippen molar-refractivity contribution in [3.8, 4) is 0 Å². The molecule has 0 saturated heterocycles. The van der Waals surface area contributed by atoms with Crippen molar-refractivity contribution in [2.75, 3.05) is 26.4 Å². The van der Waals surface area contributed by atoms with Crippen molar-refractivity contribution in [2.45, 2.75) is 55.4 Å². The molecular formula is C16H38O4P2S6Zn3+2. The van der Waals surface area contributed by atoms with Crippen LogP contribution in [0.5, 0.6) is 0 Å². The molecule has 0 spiro atoms. The Morgan fingerprint density at radius 3 is 0.742 bits per heavy atom. The van der Waals surface area contributed by atoms with E-state index in [4.69, 9.17) is 41.7 Å². The molecule has 0 aliphatic carbocycles. The Labute approximate surface area is 265 Å². The van der Waals surface area contributed by atoms with Gasteiger partial charge in [0.1, 0.15) is 0 Å². The summed E-state index contributed by atoms with van der Waals surface area (Å²) in [5.74, 6) is 1.88. The van der Waals surface area contributed by atoms with Crippen molar-refractivity contribution in [3.63, 3.8) is 0 Å². The summed E-state index contributed by atoms with van der Waals surface area (Å²) in [6, 6.07) is 0. The van der Waals surface area contributed by atoms with Gasteiger partial charge in [0.15, 0.2) is 0 Å². The largest absolute Gasteiger partial charge is 2.00 e. The Kier molecular flexibility index (Phi) is 48.6. The zero-order valence-corrected chi connectivity index (χ0v) is 36.1. The van der Waals surface area contributed by atoms with E-state index in [9.17, 15) is 0 Å². The topological polar surface area (TPSA) is 36.9 Å². The molecule has 15 heteroatoms. The summed E-state index contributed by atoms with van der Waals surface area (Å²) in [5.41, 5.74) is -4.55. The fourth-order valence-electron chi connectivity index (χ4n) is 1.05. The number of thiol groups is 2. The van der Waals surface area contributed by atoms with Crippen molar-refractivity contribution < 1.29 is 76.5 Å². The molecule has 0 unspecified atom stereocenters. The monoisotopic (exact) mass is 740 g/mol. The van der Waals surface area contributed by atoms with Gasteiger partial charge in [0.2, 0.25) is 11.4 Å². The Bertz CT molecular complexity index is 393. The summed E-state index contributed by atoms with van der Waals surface area (Å²) in [5, 5.41) is 0. The Morgan fingerprint density at radius 1 is 0.516 bits per heavy atom. The van der Waals surface area contributed by atoms with Gasteiger partial charge in [0.25, 0.3) is 0 Å². The van der Waals surface area contributed by atoms with Crippen LogP contribution in [0.25, 0.3) is 0 Å². The summed E-state index contributed by atoms with van der Waals surface area (Å²) >= 11 is 18.7. The molecule has 0 bridgehead atoms. The van der Waals surface area contributed by atoms with Crippen LogP contribution in [-0.4, -0.2) is 26.4 Å². The fraction of sp³-hybridized carbons (Fsp3) is 1.00. The van der Waals surface area contributed by atoms with Gasteiger partial charge in [0.05, 0.1) is 26.4 Å². The minimum absolute atomic E-state index is 0. The Hall–Kier alpha value is 4.41. The minimum Gasteiger partial charge on any atom is -2.00 e. The van der Waals surface area contributed by atoms with Crippen LogP contribution in [0.15, 0.2) is 0 Å². The van der Waals surface area contributed by atoms with E-state index < -0.39 is 11.4 Å². The van der Waals surface area contributed by atoms with Gasteiger partial charge in [0, 0.05) is 0 Å². The standard InChI is InChI=1S/2C8H19O2PS2.2S.3Zn/c2*1-7(2)5-9-11(12,13)10-6-8(3)4;;;;;/h2*7-8H,5-6H2,1-4H3,(H,12,13);;;;;/q;;2*-2;3*+2. The van der Waals surface area contributed by atoms with E-state index in [1.54, 1.807) is 0 Å². The average molecular weight is 745 g/mol. The van der Waals surface area contributed by atoms with Gasteiger partial charge in [-0.2, -0.15) is 0 Å². The van der Waals surface area contributed by atoms with E-state index in [-0.39, 0.29) is 85.4 Å². The fourth-order valence-corrected chi connectivity index (χ4v) is 4.67. The first-order valence-corrected chi connectivity index (χ1v) is 16.5. The first-order chi connectivity index (χ1) is 11.7. The molecule has 0 radical (unpaired) electrons. The van der Waals surface area contributed by atoms with E-state index in [0.717, 1.165) is 0 Å². The number of hydrogen-bond donors (Lipinski definition) is 2. The van der Waals surface area contributed by atoms with Crippen molar-refractivity contribution in [3.05, 3.63) is 0 Å². The maximum atomic E-state index is 5.41. The third kappa shape index (κ3) is 44.8. The predicted molar refractivity (Wildman–Crippen MR) is 144 cm³/mol. The van der Waals surface area contributed by atoms with Crippen LogP contribution < -0.4 is 0 Å². The summed E-state index contributed by atoms with van der Waals surface area (Å²) in [6.07, 6.45) is 0. The molecule has 0 heterocycles. The third-order valence-electron chi connectivity index (χ3n) is 2.28. The molecule has 0 saturated carbocycles. The second kappa shape index (κ2) is 29.0. The minimum atomic E-state index is -2.27. The van der Waals surface area contributed by atoms with Crippen molar-refractivity contribution in [2.24, 2.45) is 23.7 Å². The summed E-state index contributed by atoms with van der Waals surface area (Å²) in [4.78, 5) is 0. The van der Waals surface area contributed by atoms with Gasteiger partial charge < -0.3 is 45.1 Å². The Balaban J connectivity index is -0.0000000640. The normalized spacial score (nSPS) is 10.8. The van der Waals surface area contributed by atoms with Gasteiger partial charge >= 0.3 is 58.4 Å². The first-order valence-electron chi connectivity index (χ1n) is 8.90. The second-order valence-corrected chi connectivity index (χ2v) is 18.3. The first kappa shape index (κ1) is 51.9. The van der Waals surface area contributed by atoms with Crippen LogP contribution in [0.3, 0.4) is 0 Å². The van der Waals surface area contributed by atoms with E-state index in [2.05, 4.69) is 79.9 Å².